The van der Waals surface area contributed by atoms with Crippen molar-refractivity contribution in [3.05, 3.63) is 70.7 Å². The lowest BCUT2D eigenvalue weighted by molar-refractivity contribution is -0.253. The smallest absolute Gasteiger partial charge is 0.0791 e. The zero-order chi connectivity index (χ0) is 11.7. The number of rotatable bonds is 1. The summed E-state index contributed by atoms with van der Waals surface area (Å²) in [6.07, 6.45) is 0.442. The topological polar surface area (TPSA) is 35.4 Å². The Morgan fingerprint density at radius 1 is 1.12 bits per heavy atom. The largest absolute Gasteiger partial charge is 0.875 e. The van der Waals surface area contributed by atoms with Gasteiger partial charge in [0.2, 0.25) is 0 Å². The van der Waals surface area contributed by atoms with Crippen molar-refractivity contribution in [3.8, 4) is 0 Å². The first kappa shape index (κ1) is 10.1. The maximum Gasteiger partial charge on any atom is 0.0791 e. The Morgan fingerprint density at radius 2 is 1.94 bits per heavy atom. The van der Waals surface area contributed by atoms with Crippen LogP contribution in [0.2, 0.25) is 0 Å². The van der Waals surface area contributed by atoms with E-state index >= 15 is 0 Å². The van der Waals surface area contributed by atoms with Crippen LogP contribution in [0.1, 0.15) is 18.0 Å². The molecular formula is C15H11NO-. The van der Waals surface area contributed by atoms with Gasteiger partial charge in [0.25, 0.3) is 0 Å². The average Bonchev–Trinajstić information content (AvgIpc) is 2.40. The third-order valence-electron chi connectivity index (χ3n) is 2.97. The minimum atomic E-state index is -0.0846. The number of hydrogen-bond donors (Lipinski definition) is 0. The van der Waals surface area contributed by atoms with E-state index in [0.717, 1.165) is 16.1 Å². The van der Waals surface area contributed by atoms with E-state index in [4.69, 9.17) is 0 Å². The van der Waals surface area contributed by atoms with Gasteiger partial charge in [0.1, 0.15) is 0 Å². The Labute approximate surface area is 99.6 Å². The van der Waals surface area contributed by atoms with Crippen LogP contribution in [0.4, 0.5) is 0 Å². The Balaban J connectivity index is 2.14. The van der Waals surface area contributed by atoms with E-state index in [-0.39, 0.29) is 11.8 Å². The minimum Gasteiger partial charge on any atom is -0.875 e. The summed E-state index contributed by atoms with van der Waals surface area (Å²) >= 11 is 0. The van der Waals surface area contributed by atoms with E-state index in [2.05, 4.69) is 11.1 Å². The molecule has 0 aromatic heterocycles. The minimum absolute atomic E-state index is 0.0846. The molecule has 2 nitrogen and oxygen atoms in total. The SMILES string of the molecule is [O-]C1=c2ccccc2=NC(c2[c]cccc2)C1. The first-order valence-corrected chi connectivity index (χ1v) is 5.64. The second kappa shape index (κ2) is 4.06. The number of nitrogens with zero attached hydrogens (tertiary/aromatic N) is 1. The van der Waals surface area contributed by atoms with Crippen molar-refractivity contribution >= 4 is 5.76 Å². The van der Waals surface area contributed by atoms with Gasteiger partial charge in [-0.2, -0.15) is 0 Å². The van der Waals surface area contributed by atoms with Crippen LogP contribution in [-0.2, 0) is 0 Å². The molecule has 17 heavy (non-hydrogen) atoms. The van der Waals surface area contributed by atoms with E-state index in [1.165, 1.54) is 0 Å². The van der Waals surface area contributed by atoms with Crippen LogP contribution in [0.15, 0.2) is 53.5 Å². The molecular weight excluding hydrogens is 210 g/mol. The Kier molecular flexibility index (Phi) is 2.41. The predicted molar refractivity (Wildman–Crippen MR) is 63.3 cm³/mol. The van der Waals surface area contributed by atoms with Gasteiger partial charge in [0, 0.05) is 0 Å². The maximum atomic E-state index is 12.0. The summed E-state index contributed by atoms with van der Waals surface area (Å²) in [6, 6.07) is 18.3. The molecule has 0 aliphatic carbocycles. The van der Waals surface area contributed by atoms with Crippen LogP contribution >= 0.6 is 0 Å². The molecule has 2 aromatic carbocycles. The Bertz CT molecular complexity index is 646. The molecule has 1 unspecified atom stereocenters. The van der Waals surface area contributed by atoms with Crippen LogP contribution in [-0.4, -0.2) is 0 Å². The van der Waals surface area contributed by atoms with Gasteiger partial charge in [0.05, 0.1) is 11.4 Å². The highest BCUT2D eigenvalue weighted by molar-refractivity contribution is 5.38. The molecule has 1 aliphatic rings. The second-order valence-corrected chi connectivity index (χ2v) is 4.11. The Morgan fingerprint density at radius 3 is 2.76 bits per heavy atom. The van der Waals surface area contributed by atoms with Gasteiger partial charge in [0.15, 0.2) is 0 Å². The second-order valence-electron chi connectivity index (χ2n) is 4.11. The lowest BCUT2D eigenvalue weighted by Gasteiger charge is -2.22. The molecule has 0 amide bonds. The van der Waals surface area contributed by atoms with Crippen molar-refractivity contribution in [2.75, 3.05) is 0 Å². The highest BCUT2D eigenvalue weighted by Gasteiger charge is 2.12. The van der Waals surface area contributed by atoms with E-state index in [1.807, 2.05) is 48.5 Å². The molecule has 0 spiro atoms. The zero-order valence-electron chi connectivity index (χ0n) is 9.26. The molecule has 1 heterocycles. The molecule has 2 aromatic rings. The summed E-state index contributed by atoms with van der Waals surface area (Å²) in [5.74, 6) is 0.165. The van der Waals surface area contributed by atoms with Gasteiger partial charge in [-0.1, -0.05) is 42.5 Å². The van der Waals surface area contributed by atoms with Crippen molar-refractivity contribution in [2.24, 2.45) is 4.99 Å². The van der Waals surface area contributed by atoms with E-state index < -0.39 is 0 Å². The van der Waals surface area contributed by atoms with Crippen molar-refractivity contribution in [3.63, 3.8) is 0 Å². The summed E-state index contributed by atoms with van der Waals surface area (Å²) in [5, 5.41) is 13.5. The Hall–Kier alpha value is -2.09. The lowest BCUT2D eigenvalue weighted by Crippen LogP contribution is -2.35. The average molecular weight is 221 g/mol. The molecule has 0 saturated heterocycles. The molecule has 0 N–H and O–H groups in total. The predicted octanol–water partition coefficient (Wildman–Crippen LogP) is 0.720. The molecule has 0 saturated carbocycles. The van der Waals surface area contributed by atoms with Gasteiger partial charge in [-0.05, 0) is 29.3 Å². The number of fused-ring (bicyclic) bond motifs is 1. The third-order valence-corrected chi connectivity index (χ3v) is 2.97. The van der Waals surface area contributed by atoms with Gasteiger partial charge < -0.3 is 5.11 Å². The van der Waals surface area contributed by atoms with Crippen molar-refractivity contribution in [1.82, 2.24) is 0 Å². The number of para-hydroxylation sites is 1. The summed E-state index contributed by atoms with van der Waals surface area (Å²) in [6.45, 7) is 0. The molecule has 2 heteroatoms. The standard InChI is InChI=1S/C15H12NO/c17-15-10-14(11-6-2-1-3-7-11)16-13-9-5-4-8-12(13)15/h1-6,8-9,14,17H,10H2/p-1. The first-order valence-electron chi connectivity index (χ1n) is 5.64. The fraction of sp³-hybridized carbons (Fsp3) is 0.133. The third kappa shape index (κ3) is 1.82. The normalized spacial score (nSPS) is 18.4. The number of benzene rings is 2. The maximum absolute atomic E-state index is 12.0. The van der Waals surface area contributed by atoms with Crippen molar-refractivity contribution in [2.45, 2.75) is 12.5 Å². The molecule has 0 fully saturated rings. The molecule has 1 aliphatic heterocycles. The highest BCUT2D eigenvalue weighted by atomic mass is 16.3. The van der Waals surface area contributed by atoms with Gasteiger partial charge in [-0.25, -0.2) is 0 Å². The van der Waals surface area contributed by atoms with Crippen LogP contribution in [0.25, 0.3) is 5.76 Å². The molecule has 83 valence electrons. The van der Waals surface area contributed by atoms with E-state index in [1.54, 1.807) is 0 Å². The summed E-state index contributed by atoms with van der Waals surface area (Å²) < 4.78 is 0. The zero-order valence-corrected chi connectivity index (χ0v) is 9.26. The van der Waals surface area contributed by atoms with Crippen LogP contribution in [0.5, 0.6) is 0 Å². The summed E-state index contributed by atoms with van der Waals surface area (Å²) in [7, 11) is 0. The van der Waals surface area contributed by atoms with Crippen molar-refractivity contribution in [1.29, 1.82) is 0 Å². The first-order chi connectivity index (χ1) is 8.34. The van der Waals surface area contributed by atoms with E-state index in [9.17, 15) is 5.11 Å². The molecule has 0 bridgehead atoms. The number of hydrogen-bond acceptors (Lipinski definition) is 2. The van der Waals surface area contributed by atoms with Crippen LogP contribution in [0.3, 0.4) is 0 Å². The lowest BCUT2D eigenvalue weighted by atomic mass is 10.00. The summed E-state index contributed by atoms with van der Waals surface area (Å²) in [5.41, 5.74) is 0.982. The molecule has 3 rings (SSSR count). The highest BCUT2D eigenvalue weighted by Crippen LogP contribution is 2.23. The van der Waals surface area contributed by atoms with Crippen molar-refractivity contribution < 1.29 is 5.11 Å². The molecule has 1 radical (unpaired) electrons. The fourth-order valence-electron chi connectivity index (χ4n) is 2.12. The molecule has 1 atom stereocenters. The van der Waals surface area contributed by atoms with E-state index in [0.29, 0.717) is 6.42 Å². The summed E-state index contributed by atoms with van der Waals surface area (Å²) in [4.78, 5) is 4.61. The van der Waals surface area contributed by atoms with Crippen LogP contribution < -0.4 is 15.7 Å². The van der Waals surface area contributed by atoms with Gasteiger partial charge in [-0.3, -0.25) is 4.99 Å². The fourth-order valence-corrected chi connectivity index (χ4v) is 2.12. The van der Waals surface area contributed by atoms with Crippen LogP contribution in [0, 0.1) is 6.07 Å². The van der Waals surface area contributed by atoms with Gasteiger partial charge in [-0.15, -0.1) is 5.76 Å². The monoisotopic (exact) mass is 221 g/mol. The van der Waals surface area contributed by atoms with Gasteiger partial charge >= 0.3 is 0 Å². The quantitative estimate of drug-likeness (QED) is 0.699.